The third-order valence-electron chi connectivity index (χ3n) is 6.27. The number of piperidine rings is 1. The van der Waals surface area contributed by atoms with Crippen LogP contribution in [-0.2, 0) is 23.3 Å². The molecular formula is C23H28N2O2. The Kier molecular flexibility index (Phi) is 4.92. The largest absolute Gasteiger partial charge is 0.497 e. The molecule has 2 aromatic carbocycles. The van der Waals surface area contributed by atoms with E-state index in [0.29, 0.717) is 0 Å². The molecule has 1 amide bonds. The van der Waals surface area contributed by atoms with Crippen LogP contribution < -0.4 is 4.74 Å². The van der Waals surface area contributed by atoms with Crippen molar-refractivity contribution in [2.45, 2.75) is 38.3 Å². The van der Waals surface area contributed by atoms with Crippen LogP contribution in [0.4, 0.5) is 0 Å². The number of carbonyl (C=O) groups is 1. The highest BCUT2D eigenvalue weighted by Crippen LogP contribution is 2.42. The quantitative estimate of drug-likeness (QED) is 0.834. The monoisotopic (exact) mass is 364 g/mol. The summed E-state index contributed by atoms with van der Waals surface area (Å²) in [6.07, 6.45) is 2.20. The van der Waals surface area contributed by atoms with E-state index in [-0.39, 0.29) is 11.3 Å². The van der Waals surface area contributed by atoms with Crippen molar-refractivity contribution in [2.24, 2.45) is 0 Å². The molecule has 0 aromatic heterocycles. The number of benzene rings is 2. The molecule has 0 bridgehead atoms. The van der Waals surface area contributed by atoms with Gasteiger partial charge in [-0.2, -0.15) is 0 Å². The van der Waals surface area contributed by atoms with E-state index in [2.05, 4.69) is 41.3 Å². The van der Waals surface area contributed by atoms with Gasteiger partial charge in [-0.15, -0.1) is 0 Å². The van der Waals surface area contributed by atoms with Crippen LogP contribution in [0.5, 0.6) is 5.75 Å². The molecule has 1 fully saturated rings. The maximum Gasteiger partial charge on any atom is 0.219 e. The first-order chi connectivity index (χ1) is 13.1. The van der Waals surface area contributed by atoms with Gasteiger partial charge in [-0.1, -0.05) is 36.4 Å². The standard InChI is InChI=1S/C23H28N2O2/c1-18(26)25-16-20-5-3-4-6-22(20)23(17-25)11-13-24(14-12-23)15-19-7-9-21(27-2)10-8-19/h3-10H,11-17H2,1-2H3. The van der Waals surface area contributed by atoms with Gasteiger partial charge in [-0.3, -0.25) is 9.69 Å². The average molecular weight is 364 g/mol. The molecule has 0 saturated carbocycles. The van der Waals surface area contributed by atoms with E-state index in [1.54, 1.807) is 14.0 Å². The SMILES string of the molecule is COc1ccc(CN2CCC3(CC2)CN(C(C)=O)Cc2ccccc23)cc1. The summed E-state index contributed by atoms with van der Waals surface area (Å²) in [6, 6.07) is 17.1. The van der Waals surface area contributed by atoms with Gasteiger partial charge in [0.05, 0.1) is 7.11 Å². The first kappa shape index (κ1) is 18.1. The van der Waals surface area contributed by atoms with Crippen molar-refractivity contribution in [3.63, 3.8) is 0 Å². The smallest absolute Gasteiger partial charge is 0.219 e. The summed E-state index contributed by atoms with van der Waals surface area (Å²) in [5.74, 6) is 1.09. The van der Waals surface area contributed by atoms with Crippen molar-refractivity contribution in [3.8, 4) is 5.75 Å². The first-order valence-electron chi connectivity index (χ1n) is 9.79. The molecule has 0 aliphatic carbocycles. The molecule has 1 saturated heterocycles. The maximum atomic E-state index is 12.1. The summed E-state index contributed by atoms with van der Waals surface area (Å²) in [5, 5.41) is 0. The summed E-state index contributed by atoms with van der Waals surface area (Å²) in [4.78, 5) is 16.7. The number of methoxy groups -OCH3 is 1. The van der Waals surface area contributed by atoms with Gasteiger partial charge >= 0.3 is 0 Å². The number of amides is 1. The molecular weight excluding hydrogens is 336 g/mol. The van der Waals surface area contributed by atoms with Crippen molar-refractivity contribution >= 4 is 5.91 Å². The van der Waals surface area contributed by atoms with E-state index in [9.17, 15) is 4.79 Å². The molecule has 2 aliphatic rings. The summed E-state index contributed by atoms with van der Waals surface area (Å²) in [5.41, 5.74) is 4.21. The van der Waals surface area contributed by atoms with Crippen LogP contribution >= 0.6 is 0 Å². The van der Waals surface area contributed by atoms with Crippen molar-refractivity contribution in [1.82, 2.24) is 9.80 Å². The molecule has 4 rings (SSSR count). The van der Waals surface area contributed by atoms with E-state index in [0.717, 1.165) is 51.3 Å². The first-order valence-corrected chi connectivity index (χ1v) is 9.79. The Morgan fingerprint density at radius 1 is 1.07 bits per heavy atom. The Labute approximate surface area is 161 Å². The number of likely N-dealkylation sites (tertiary alicyclic amines) is 1. The summed E-state index contributed by atoms with van der Waals surface area (Å²) in [6.45, 7) is 6.40. The van der Waals surface area contributed by atoms with Gasteiger partial charge in [0.1, 0.15) is 5.75 Å². The van der Waals surface area contributed by atoms with E-state index in [1.165, 1.54) is 16.7 Å². The minimum Gasteiger partial charge on any atom is -0.497 e. The molecule has 142 valence electrons. The highest BCUT2D eigenvalue weighted by molar-refractivity contribution is 5.74. The number of rotatable bonds is 3. The lowest BCUT2D eigenvalue weighted by molar-refractivity contribution is -0.131. The van der Waals surface area contributed by atoms with E-state index in [4.69, 9.17) is 4.74 Å². The van der Waals surface area contributed by atoms with E-state index < -0.39 is 0 Å². The van der Waals surface area contributed by atoms with Crippen LogP contribution in [0.3, 0.4) is 0 Å². The molecule has 2 heterocycles. The third kappa shape index (κ3) is 3.59. The summed E-state index contributed by atoms with van der Waals surface area (Å²) >= 11 is 0. The maximum absolute atomic E-state index is 12.1. The van der Waals surface area contributed by atoms with Crippen molar-refractivity contribution in [1.29, 1.82) is 0 Å². The predicted molar refractivity (Wildman–Crippen MR) is 107 cm³/mol. The number of carbonyl (C=O) groups excluding carboxylic acids is 1. The number of hydrogen-bond donors (Lipinski definition) is 0. The highest BCUT2D eigenvalue weighted by atomic mass is 16.5. The van der Waals surface area contributed by atoms with Crippen molar-refractivity contribution in [3.05, 3.63) is 65.2 Å². The Bertz CT molecular complexity index is 807. The minimum atomic E-state index is 0.108. The molecule has 0 N–H and O–H groups in total. The van der Waals surface area contributed by atoms with Crippen LogP contribution in [0.2, 0.25) is 0 Å². The lowest BCUT2D eigenvalue weighted by Crippen LogP contribution is -2.52. The average Bonchev–Trinajstić information content (AvgIpc) is 2.70. The fraction of sp³-hybridized carbons (Fsp3) is 0.435. The highest BCUT2D eigenvalue weighted by Gasteiger charge is 2.42. The Balaban J connectivity index is 1.49. The van der Waals surface area contributed by atoms with Crippen LogP contribution in [-0.4, -0.2) is 42.5 Å². The van der Waals surface area contributed by atoms with Gasteiger partial charge < -0.3 is 9.64 Å². The van der Waals surface area contributed by atoms with Gasteiger partial charge in [-0.05, 0) is 54.8 Å². The zero-order valence-electron chi connectivity index (χ0n) is 16.3. The molecule has 1 spiro atoms. The molecule has 4 heteroatoms. The van der Waals surface area contributed by atoms with E-state index >= 15 is 0 Å². The second-order valence-electron chi connectivity index (χ2n) is 7.94. The van der Waals surface area contributed by atoms with Gasteiger partial charge in [0.15, 0.2) is 0 Å². The second kappa shape index (κ2) is 7.35. The van der Waals surface area contributed by atoms with Gasteiger partial charge in [0.25, 0.3) is 0 Å². The topological polar surface area (TPSA) is 32.8 Å². The van der Waals surface area contributed by atoms with Gasteiger partial charge in [0.2, 0.25) is 5.91 Å². The Hall–Kier alpha value is -2.33. The Morgan fingerprint density at radius 2 is 1.78 bits per heavy atom. The second-order valence-corrected chi connectivity index (χ2v) is 7.94. The number of fused-ring (bicyclic) bond motifs is 2. The zero-order valence-corrected chi connectivity index (χ0v) is 16.3. The number of hydrogen-bond acceptors (Lipinski definition) is 3. The summed E-state index contributed by atoms with van der Waals surface area (Å²) in [7, 11) is 1.70. The third-order valence-corrected chi connectivity index (χ3v) is 6.27. The van der Waals surface area contributed by atoms with Crippen LogP contribution in [0.25, 0.3) is 0 Å². The van der Waals surface area contributed by atoms with Crippen LogP contribution in [0, 0.1) is 0 Å². The fourth-order valence-electron chi connectivity index (χ4n) is 4.67. The molecule has 0 unspecified atom stereocenters. The van der Waals surface area contributed by atoms with Gasteiger partial charge in [0, 0.05) is 32.0 Å². The number of nitrogens with zero attached hydrogens (tertiary/aromatic N) is 2. The molecule has 27 heavy (non-hydrogen) atoms. The molecule has 0 radical (unpaired) electrons. The molecule has 2 aliphatic heterocycles. The molecule has 4 nitrogen and oxygen atoms in total. The predicted octanol–water partition coefficient (Wildman–Crippen LogP) is 3.59. The molecule has 2 aromatic rings. The van der Waals surface area contributed by atoms with E-state index in [1.807, 2.05) is 17.0 Å². The Morgan fingerprint density at radius 3 is 2.44 bits per heavy atom. The lowest BCUT2D eigenvalue weighted by Gasteiger charge is -2.48. The van der Waals surface area contributed by atoms with Gasteiger partial charge in [-0.25, -0.2) is 0 Å². The minimum absolute atomic E-state index is 0.108. The van der Waals surface area contributed by atoms with Crippen LogP contribution in [0.1, 0.15) is 36.5 Å². The van der Waals surface area contributed by atoms with Crippen molar-refractivity contribution < 1.29 is 9.53 Å². The zero-order chi connectivity index (χ0) is 18.9. The molecule has 0 atom stereocenters. The number of ether oxygens (including phenoxy) is 1. The summed E-state index contributed by atoms with van der Waals surface area (Å²) < 4.78 is 5.25. The van der Waals surface area contributed by atoms with Crippen molar-refractivity contribution in [2.75, 3.05) is 26.7 Å². The normalized spacial score (nSPS) is 19.0. The fourth-order valence-corrected chi connectivity index (χ4v) is 4.67. The lowest BCUT2D eigenvalue weighted by atomic mass is 9.69. The van der Waals surface area contributed by atoms with Crippen LogP contribution in [0.15, 0.2) is 48.5 Å².